The predicted molar refractivity (Wildman–Crippen MR) is 118 cm³/mol. The van der Waals surface area contributed by atoms with Crippen LogP contribution in [0.25, 0.3) is 21.5 Å². The van der Waals surface area contributed by atoms with Crippen LogP contribution in [-0.4, -0.2) is 14.2 Å². The summed E-state index contributed by atoms with van der Waals surface area (Å²) in [6, 6.07) is 30.8. The lowest BCUT2D eigenvalue weighted by Gasteiger charge is -2.31. The van der Waals surface area contributed by atoms with Gasteiger partial charge in [-0.05, 0) is 45.8 Å². The molecule has 0 saturated heterocycles. The van der Waals surface area contributed by atoms with E-state index in [1.54, 1.807) is 0 Å². The van der Waals surface area contributed by atoms with Gasteiger partial charge in [0.05, 0.1) is 8.07 Å². The molecule has 0 bridgehead atoms. The topological polar surface area (TPSA) is 3.24 Å². The lowest BCUT2D eigenvalue weighted by Crippen LogP contribution is -2.37. The van der Waals surface area contributed by atoms with Crippen LogP contribution >= 0.6 is 0 Å². The quantitative estimate of drug-likeness (QED) is 0.356. The molecule has 0 spiro atoms. The van der Waals surface area contributed by atoms with Crippen molar-refractivity contribution in [1.82, 2.24) is 0 Å². The Labute approximate surface area is 156 Å². The van der Waals surface area contributed by atoms with Gasteiger partial charge in [-0.3, -0.25) is 0 Å². The van der Waals surface area contributed by atoms with Crippen LogP contribution in [0.4, 0.5) is 11.4 Å². The van der Waals surface area contributed by atoms with Crippen molar-refractivity contribution >= 4 is 41.0 Å². The van der Waals surface area contributed by atoms with Gasteiger partial charge in [-0.25, -0.2) is 0 Å². The molecule has 1 nitrogen and oxygen atoms in total. The van der Waals surface area contributed by atoms with Gasteiger partial charge in [0.2, 0.25) is 0 Å². The fourth-order valence-corrected chi connectivity index (χ4v) is 4.81. The van der Waals surface area contributed by atoms with Crippen LogP contribution < -0.4 is 4.90 Å². The van der Waals surface area contributed by atoms with Crippen molar-refractivity contribution in [3.05, 3.63) is 84.9 Å². The molecule has 0 aliphatic rings. The van der Waals surface area contributed by atoms with E-state index >= 15 is 0 Å². The van der Waals surface area contributed by atoms with Gasteiger partial charge in [0.15, 0.2) is 0 Å². The van der Waals surface area contributed by atoms with Crippen LogP contribution in [0.2, 0.25) is 19.6 Å². The smallest absolute Gasteiger partial charge is 0.0671 e. The van der Waals surface area contributed by atoms with Crippen molar-refractivity contribution in [3.63, 3.8) is 0 Å². The first-order valence-electron chi connectivity index (χ1n) is 9.25. The highest BCUT2D eigenvalue weighted by Crippen LogP contribution is 2.32. The predicted octanol–water partition coefficient (Wildman–Crippen LogP) is 7.01. The molecule has 4 aromatic carbocycles. The van der Waals surface area contributed by atoms with E-state index in [0.717, 1.165) is 6.17 Å². The first kappa shape index (κ1) is 16.9. The number of rotatable bonds is 4. The average molecular weight is 356 g/mol. The second kappa shape index (κ2) is 6.62. The first-order valence-corrected chi connectivity index (χ1v) is 13.0. The van der Waals surface area contributed by atoms with E-state index in [0.29, 0.717) is 0 Å². The van der Waals surface area contributed by atoms with E-state index in [9.17, 15) is 0 Å². The van der Waals surface area contributed by atoms with E-state index < -0.39 is 8.07 Å². The van der Waals surface area contributed by atoms with Crippen LogP contribution in [-0.2, 0) is 0 Å². The molecule has 0 heterocycles. The Morgan fingerprint density at radius 1 is 0.577 bits per heavy atom. The highest BCUT2D eigenvalue weighted by atomic mass is 28.3. The van der Waals surface area contributed by atoms with Gasteiger partial charge in [0.1, 0.15) is 0 Å². The molecule has 0 unspecified atom stereocenters. The maximum Gasteiger partial charge on any atom is 0.0671 e. The molecule has 4 rings (SSSR count). The normalized spacial score (nSPS) is 11.8. The second-order valence-corrected chi connectivity index (χ2v) is 13.6. The first-order chi connectivity index (χ1) is 12.5. The Morgan fingerprint density at radius 3 is 1.42 bits per heavy atom. The maximum absolute atomic E-state index is 2.51. The van der Waals surface area contributed by atoms with Gasteiger partial charge in [-0.1, -0.05) is 80.3 Å². The van der Waals surface area contributed by atoms with Crippen LogP contribution in [0.5, 0.6) is 0 Å². The number of hydrogen-bond acceptors (Lipinski definition) is 1. The minimum Gasteiger partial charge on any atom is -0.344 e. The zero-order valence-corrected chi connectivity index (χ0v) is 16.7. The second-order valence-electron chi connectivity index (χ2n) is 8.21. The third-order valence-electron chi connectivity index (χ3n) is 4.72. The summed E-state index contributed by atoms with van der Waals surface area (Å²) >= 11 is 0. The third kappa shape index (κ3) is 3.51. The summed E-state index contributed by atoms with van der Waals surface area (Å²) in [7, 11) is -1.29. The Morgan fingerprint density at radius 2 is 1.00 bits per heavy atom. The van der Waals surface area contributed by atoms with Gasteiger partial charge in [0.25, 0.3) is 0 Å². The van der Waals surface area contributed by atoms with Gasteiger partial charge >= 0.3 is 0 Å². The summed E-state index contributed by atoms with van der Waals surface area (Å²) in [5.74, 6) is 0. The zero-order valence-electron chi connectivity index (χ0n) is 15.7. The molecule has 130 valence electrons. The minimum atomic E-state index is -1.29. The average Bonchev–Trinajstić information content (AvgIpc) is 2.65. The Balaban J connectivity index is 1.84. The highest BCUT2D eigenvalue weighted by molar-refractivity contribution is 6.76. The SMILES string of the molecule is C[Si](C)(C)CN(c1ccc2ccccc2c1)c1ccc2ccccc2c1. The zero-order chi connectivity index (χ0) is 18.1. The number of fused-ring (bicyclic) bond motifs is 2. The molecule has 26 heavy (non-hydrogen) atoms. The lowest BCUT2D eigenvalue weighted by molar-refractivity contribution is 1.13. The summed E-state index contributed by atoms with van der Waals surface area (Å²) in [6.07, 6.45) is 1.10. The fraction of sp³-hybridized carbons (Fsp3) is 0.167. The highest BCUT2D eigenvalue weighted by Gasteiger charge is 2.20. The summed E-state index contributed by atoms with van der Waals surface area (Å²) in [6.45, 7) is 7.30. The molecule has 0 N–H and O–H groups in total. The van der Waals surface area contributed by atoms with Crippen LogP contribution in [0, 0.1) is 0 Å². The number of anilines is 2. The largest absolute Gasteiger partial charge is 0.344 e. The van der Waals surface area contributed by atoms with Crippen molar-refractivity contribution in [2.45, 2.75) is 19.6 Å². The summed E-state index contributed by atoms with van der Waals surface area (Å²) < 4.78 is 0. The molecule has 2 heteroatoms. The van der Waals surface area contributed by atoms with Gasteiger partial charge < -0.3 is 4.90 Å². The van der Waals surface area contributed by atoms with Crippen LogP contribution in [0.1, 0.15) is 0 Å². The Kier molecular flexibility index (Phi) is 4.29. The van der Waals surface area contributed by atoms with Gasteiger partial charge in [-0.2, -0.15) is 0 Å². The van der Waals surface area contributed by atoms with E-state index in [1.807, 2.05) is 0 Å². The van der Waals surface area contributed by atoms with E-state index in [1.165, 1.54) is 32.9 Å². The third-order valence-corrected chi connectivity index (χ3v) is 5.99. The minimum absolute atomic E-state index is 1.10. The molecule has 0 aromatic heterocycles. The van der Waals surface area contributed by atoms with E-state index in [2.05, 4.69) is 109 Å². The van der Waals surface area contributed by atoms with Crippen molar-refractivity contribution in [2.75, 3.05) is 11.1 Å². The standard InChI is InChI=1S/C24H25NSi/c1-26(2,3)18-25(23-14-12-19-8-4-6-10-21(19)16-23)24-15-13-20-9-5-7-11-22(20)17-24/h4-17H,18H2,1-3H3. The molecule has 0 atom stereocenters. The maximum atomic E-state index is 2.51. The van der Waals surface area contributed by atoms with Crippen molar-refractivity contribution in [2.24, 2.45) is 0 Å². The summed E-state index contributed by atoms with van der Waals surface area (Å²) in [5.41, 5.74) is 2.56. The molecular weight excluding hydrogens is 330 g/mol. The van der Waals surface area contributed by atoms with Crippen molar-refractivity contribution in [3.8, 4) is 0 Å². The molecular formula is C24H25NSi. The van der Waals surface area contributed by atoms with Gasteiger partial charge in [-0.15, -0.1) is 0 Å². The molecule has 4 aromatic rings. The van der Waals surface area contributed by atoms with Crippen molar-refractivity contribution in [1.29, 1.82) is 0 Å². The molecule has 0 aliphatic carbocycles. The number of hydrogen-bond donors (Lipinski definition) is 0. The van der Waals surface area contributed by atoms with Crippen LogP contribution in [0.15, 0.2) is 84.9 Å². The molecule has 0 fully saturated rings. The molecule has 0 amide bonds. The van der Waals surface area contributed by atoms with E-state index in [4.69, 9.17) is 0 Å². The monoisotopic (exact) mass is 355 g/mol. The fourth-order valence-electron chi connectivity index (χ4n) is 3.50. The lowest BCUT2D eigenvalue weighted by atomic mass is 10.1. The summed E-state index contributed by atoms with van der Waals surface area (Å²) in [4.78, 5) is 2.51. The van der Waals surface area contributed by atoms with Gasteiger partial charge in [0, 0.05) is 17.5 Å². The Hall–Kier alpha value is -2.58. The van der Waals surface area contributed by atoms with Crippen LogP contribution in [0.3, 0.4) is 0 Å². The molecule has 0 saturated carbocycles. The van der Waals surface area contributed by atoms with Crippen molar-refractivity contribution < 1.29 is 0 Å². The Bertz CT molecular complexity index is 983. The summed E-state index contributed by atoms with van der Waals surface area (Å²) in [5, 5.41) is 5.18. The number of benzene rings is 4. The number of nitrogens with zero attached hydrogens (tertiary/aromatic N) is 1. The van der Waals surface area contributed by atoms with E-state index in [-0.39, 0.29) is 0 Å². The molecule has 0 aliphatic heterocycles. The molecule has 0 radical (unpaired) electrons.